The second-order valence-corrected chi connectivity index (χ2v) is 9.18. The predicted molar refractivity (Wildman–Crippen MR) is 130 cm³/mol. The van der Waals surface area contributed by atoms with Crippen LogP contribution >= 0.6 is 16.1 Å². The van der Waals surface area contributed by atoms with E-state index < -0.39 is 0 Å². The lowest BCUT2D eigenvalue weighted by atomic mass is 10.1. The first-order valence-corrected chi connectivity index (χ1v) is 12.1. The Morgan fingerprint density at radius 2 is 2.03 bits per heavy atom. The molecule has 0 radical (unpaired) electrons. The number of imidazole rings is 1. The number of benzene rings is 1. The maximum Gasteiger partial charge on any atom is 0.287 e. The molecule has 0 saturated carbocycles. The molecule has 0 fully saturated rings. The first kappa shape index (κ1) is 22.5. The van der Waals surface area contributed by atoms with E-state index in [1.54, 1.807) is 14.3 Å². The van der Waals surface area contributed by atoms with Crippen molar-refractivity contribution in [3.05, 3.63) is 69.6 Å². The molecule has 0 N–H and O–H groups in total. The monoisotopic (exact) mass is 524 g/mol. The zero-order valence-electron chi connectivity index (χ0n) is 19.1. The second kappa shape index (κ2) is 9.49. The van der Waals surface area contributed by atoms with E-state index in [0.29, 0.717) is 60.3 Å². The Kier molecular flexibility index (Phi) is 6.27. The number of unbranched alkanes of at least 4 members (excludes halogenated alkanes) is 2. The fourth-order valence-corrected chi connectivity index (χ4v) is 4.57. The molecule has 34 heavy (non-hydrogen) atoms. The highest BCUT2D eigenvalue weighted by Crippen LogP contribution is 2.17. The average Bonchev–Trinajstić information content (AvgIpc) is 3.54. The molecule has 11 heteroatoms. The summed E-state index contributed by atoms with van der Waals surface area (Å²) in [6, 6.07) is 8.24. The number of nitrogens with zero attached hydrogens (tertiary/aromatic N) is 8. The third kappa shape index (κ3) is 4.27. The zero-order valence-corrected chi connectivity index (χ0v) is 20.7. The van der Waals surface area contributed by atoms with Crippen LogP contribution in [-0.2, 0) is 25.8 Å². The molecular formula is C23H25BrN8O2. The Morgan fingerprint density at radius 1 is 1.15 bits per heavy atom. The Bertz CT molecular complexity index is 1510. The molecule has 0 spiro atoms. The normalized spacial score (nSPS) is 11.7. The van der Waals surface area contributed by atoms with Crippen LogP contribution < -0.4 is 5.56 Å². The molecule has 0 atom stereocenters. The lowest BCUT2D eigenvalue weighted by Crippen LogP contribution is -2.22. The highest BCUT2D eigenvalue weighted by Gasteiger charge is 2.20. The van der Waals surface area contributed by atoms with E-state index in [9.17, 15) is 4.79 Å². The minimum Gasteiger partial charge on any atom is -0.339 e. The largest absolute Gasteiger partial charge is 0.339 e. The summed E-state index contributed by atoms with van der Waals surface area (Å²) in [7, 11) is 0. The van der Waals surface area contributed by atoms with Gasteiger partial charge in [0.15, 0.2) is 17.0 Å². The topological polar surface area (TPSA) is 109 Å². The summed E-state index contributed by atoms with van der Waals surface area (Å²) in [4.78, 5) is 22.2. The number of hydrogen-bond acceptors (Lipinski definition) is 7. The van der Waals surface area contributed by atoms with Crippen molar-refractivity contribution in [1.29, 1.82) is 0 Å². The summed E-state index contributed by atoms with van der Waals surface area (Å²) in [5.41, 5.74) is 3.18. The van der Waals surface area contributed by atoms with Crippen molar-refractivity contribution in [3.8, 4) is 0 Å². The summed E-state index contributed by atoms with van der Waals surface area (Å²) in [5.74, 6) is 2.20. The van der Waals surface area contributed by atoms with Gasteiger partial charge in [0.05, 0.1) is 16.1 Å². The van der Waals surface area contributed by atoms with Crippen molar-refractivity contribution < 1.29 is 4.52 Å². The van der Waals surface area contributed by atoms with Gasteiger partial charge in [-0.25, -0.2) is 9.38 Å². The van der Waals surface area contributed by atoms with Gasteiger partial charge in [0.1, 0.15) is 12.2 Å². The molecule has 4 heterocycles. The summed E-state index contributed by atoms with van der Waals surface area (Å²) in [5, 5.41) is 12.8. The Morgan fingerprint density at radius 3 is 2.85 bits per heavy atom. The van der Waals surface area contributed by atoms with E-state index in [4.69, 9.17) is 4.52 Å². The summed E-state index contributed by atoms with van der Waals surface area (Å²) in [6.07, 6.45) is 6.24. The molecule has 5 rings (SSSR count). The van der Waals surface area contributed by atoms with Gasteiger partial charge in [-0.1, -0.05) is 54.8 Å². The lowest BCUT2D eigenvalue weighted by molar-refractivity contribution is 0.373. The molecule has 0 aliphatic heterocycles. The van der Waals surface area contributed by atoms with Gasteiger partial charge in [-0.3, -0.25) is 13.0 Å². The number of aromatic nitrogens is 8. The van der Waals surface area contributed by atoms with Gasteiger partial charge in [-0.2, -0.15) is 4.98 Å². The minimum atomic E-state index is -0.211. The molecule has 0 aliphatic rings. The molecule has 10 nitrogen and oxygen atoms in total. The van der Waals surface area contributed by atoms with Gasteiger partial charge < -0.3 is 4.52 Å². The summed E-state index contributed by atoms with van der Waals surface area (Å²) in [6.45, 7) is 4.92. The van der Waals surface area contributed by atoms with Crippen LogP contribution in [0.1, 0.15) is 54.9 Å². The molecule has 0 unspecified atom stereocenters. The fraction of sp³-hybridized carbons (Fsp3) is 0.391. The van der Waals surface area contributed by atoms with E-state index in [2.05, 4.69) is 67.4 Å². The van der Waals surface area contributed by atoms with E-state index in [1.165, 1.54) is 5.56 Å². The fourth-order valence-electron chi connectivity index (χ4n) is 4.17. The second-order valence-electron chi connectivity index (χ2n) is 8.41. The van der Waals surface area contributed by atoms with Crippen LogP contribution in [0.15, 0.2) is 39.9 Å². The van der Waals surface area contributed by atoms with Gasteiger partial charge in [-0.05, 0) is 18.9 Å². The van der Waals surface area contributed by atoms with Crippen LogP contribution in [0.4, 0.5) is 0 Å². The Labute approximate surface area is 204 Å². The quantitative estimate of drug-likeness (QED) is 0.270. The van der Waals surface area contributed by atoms with Crippen LogP contribution in [-0.4, -0.2) is 37.9 Å². The standard InChI is InChI=1S/C23H25BrN8O2/c1-3-4-5-11-30-21-20(31(24)14-25-21)22(33)32-18(27-28-23(30)32)9-10-19-26-17(29-34-19)13-16-8-6-7-15(2)12-16/h6-8,12,14H,3-5,9-11,13H2,1-2H3. The van der Waals surface area contributed by atoms with Crippen molar-refractivity contribution in [3.63, 3.8) is 0 Å². The maximum absolute atomic E-state index is 13.3. The third-order valence-corrected chi connectivity index (χ3v) is 6.36. The van der Waals surface area contributed by atoms with Crippen LogP contribution in [0, 0.1) is 6.92 Å². The molecule has 0 aliphatic carbocycles. The van der Waals surface area contributed by atoms with Crippen LogP contribution in [0.5, 0.6) is 0 Å². The number of rotatable bonds is 9. The minimum absolute atomic E-state index is 0.211. The van der Waals surface area contributed by atoms with Crippen LogP contribution in [0.2, 0.25) is 0 Å². The van der Waals surface area contributed by atoms with Crippen molar-refractivity contribution in [2.24, 2.45) is 0 Å². The number of aryl methyl sites for hydroxylation is 4. The zero-order chi connectivity index (χ0) is 23.7. The molecule has 1 aromatic carbocycles. The Hall–Kier alpha value is -3.34. The summed E-state index contributed by atoms with van der Waals surface area (Å²) >= 11 is 3.40. The maximum atomic E-state index is 13.3. The summed E-state index contributed by atoms with van der Waals surface area (Å²) < 4.78 is 10.6. The first-order valence-electron chi connectivity index (χ1n) is 11.4. The van der Waals surface area contributed by atoms with Crippen molar-refractivity contribution >= 4 is 33.1 Å². The number of fused-ring (bicyclic) bond motifs is 2. The third-order valence-electron chi connectivity index (χ3n) is 5.83. The van der Waals surface area contributed by atoms with E-state index in [1.807, 2.05) is 16.7 Å². The van der Waals surface area contributed by atoms with Crippen molar-refractivity contribution in [1.82, 2.24) is 37.9 Å². The first-order chi connectivity index (χ1) is 16.5. The molecule has 0 bridgehead atoms. The van der Waals surface area contributed by atoms with Gasteiger partial charge in [-0.15, -0.1) is 10.2 Å². The van der Waals surface area contributed by atoms with E-state index in [-0.39, 0.29) is 5.56 Å². The highest BCUT2D eigenvalue weighted by atomic mass is 79.9. The molecule has 0 saturated heterocycles. The number of hydrogen-bond donors (Lipinski definition) is 0. The SMILES string of the molecule is CCCCCn1c2ncn(Br)c2c(=O)n2c(CCc3nc(Cc4cccc(C)c4)no3)nnc12. The molecule has 5 aromatic rings. The van der Waals surface area contributed by atoms with Gasteiger partial charge >= 0.3 is 0 Å². The molecule has 176 valence electrons. The van der Waals surface area contributed by atoms with Gasteiger partial charge in [0.2, 0.25) is 11.7 Å². The van der Waals surface area contributed by atoms with Crippen molar-refractivity contribution in [2.45, 2.75) is 58.9 Å². The molecule has 4 aromatic heterocycles. The molecule has 0 amide bonds. The van der Waals surface area contributed by atoms with Crippen LogP contribution in [0.3, 0.4) is 0 Å². The average molecular weight is 525 g/mol. The smallest absolute Gasteiger partial charge is 0.287 e. The van der Waals surface area contributed by atoms with E-state index in [0.717, 1.165) is 24.8 Å². The van der Waals surface area contributed by atoms with E-state index >= 15 is 0 Å². The van der Waals surface area contributed by atoms with Crippen LogP contribution in [0.25, 0.3) is 16.9 Å². The number of halogens is 1. The highest BCUT2D eigenvalue weighted by molar-refractivity contribution is 9.08. The Balaban J connectivity index is 1.41. The van der Waals surface area contributed by atoms with Gasteiger partial charge in [0, 0.05) is 25.8 Å². The lowest BCUT2D eigenvalue weighted by Gasteiger charge is -2.09. The molecular weight excluding hydrogens is 500 g/mol. The van der Waals surface area contributed by atoms with Gasteiger partial charge in [0.25, 0.3) is 5.56 Å². The van der Waals surface area contributed by atoms with Crippen molar-refractivity contribution in [2.75, 3.05) is 0 Å². The predicted octanol–water partition coefficient (Wildman–Crippen LogP) is 3.66.